The van der Waals surface area contributed by atoms with Gasteiger partial charge in [0.15, 0.2) is 0 Å². The molecule has 0 rings (SSSR count). The number of unbranched alkanes of at least 4 members (excludes halogenated alkanes) is 3. The van der Waals surface area contributed by atoms with E-state index in [2.05, 4.69) is 37.3 Å². The number of thiol groups is 1. The maximum Gasteiger partial charge on any atom is 0.310 e. The van der Waals surface area contributed by atoms with Gasteiger partial charge in [-0.05, 0) is 36.5 Å². The van der Waals surface area contributed by atoms with E-state index in [-0.39, 0.29) is 5.97 Å². The normalized spacial score (nSPS) is 12.4. The topological polar surface area (TPSA) is 26.3 Å². The second-order valence-electron chi connectivity index (χ2n) is 4.90. The second kappa shape index (κ2) is 15.6. The Morgan fingerprint density at radius 3 is 2.62 bits per heavy atom. The van der Waals surface area contributed by atoms with Gasteiger partial charge in [0, 0.05) is 17.4 Å². The average Bonchev–Trinajstić information content (AvgIpc) is 2.56. The van der Waals surface area contributed by atoms with Gasteiger partial charge in [-0.2, -0.15) is 0 Å². The summed E-state index contributed by atoms with van der Waals surface area (Å²) in [5, 5.41) is 2.55. The van der Waals surface area contributed by atoms with E-state index in [1.165, 1.54) is 0 Å². The Morgan fingerprint density at radius 2 is 2.04 bits per heavy atom. The molecule has 0 heterocycles. The van der Waals surface area contributed by atoms with E-state index >= 15 is 0 Å². The molecule has 132 valence electrons. The van der Waals surface area contributed by atoms with E-state index in [0.717, 1.165) is 36.2 Å². The summed E-state index contributed by atoms with van der Waals surface area (Å²) in [4.78, 5) is 12.7. The summed E-state index contributed by atoms with van der Waals surface area (Å²) in [6, 6.07) is 0. The Kier molecular flexibility index (Phi) is 14.9. The monoisotopic (exact) mass is 382 g/mol. The molecule has 0 fully saturated rings. The molecule has 0 aromatic rings. The van der Waals surface area contributed by atoms with Crippen LogP contribution >= 0.6 is 34.2 Å². The van der Waals surface area contributed by atoms with Gasteiger partial charge in [0.05, 0.1) is 0 Å². The van der Waals surface area contributed by atoms with Crippen molar-refractivity contribution in [3.63, 3.8) is 0 Å². The van der Waals surface area contributed by atoms with Gasteiger partial charge in [0.1, 0.15) is 5.76 Å². The summed E-state index contributed by atoms with van der Waals surface area (Å²) in [7, 11) is 3.22. The molecule has 0 spiro atoms. The first-order chi connectivity index (χ1) is 11.6. The highest BCUT2D eigenvalue weighted by Gasteiger charge is 2.04. The predicted octanol–water partition coefficient (Wildman–Crippen LogP) is 6.30. The molecule has 0 radical (unpaired) electrons. The first-order valence-corrected chi connectivity index (χ1v) is 10.9. The molecule has 0 N–H and O–H groups in total. The van der Waals surface area contributed by atoms with Gasteiger partial charge in [-0.15, -0.1) is 0 Å². The lowest BCUT2D eigenvalue weighted by atomic mass is 10.1. The van der Waals surface area contributed by atoms with Crippen LogP contribution in [0.1, 0.15) is 46.0 Å². The van der Waals surface area contributed by atoms with Crippen LogP contribution in [0.4, 0.5) is 0 Å². The van der Waals surface area contributed by atoms with Gasteiger partial charge in [-0.3, -0.25) is 4.79 Å². The van der Waals surface area contributed by atoms with E-state index in [4.69, 9.17) is 4.74 Å². The van der Waals surface area contributed by atoms with Crippen LogP contribution in [-0.4, -0.2) is 12.2 Å². The lowest BCUT2D eigenvalue weighted by molar-refractivity contribution is -0.139. The Hall–Kier alpha value is -0.960. The van der Waals surface area contributed by atoms with Crippen LogP contribution in [0.15, 0.2) is 47.1 Å². The molecule has 0 aliphatic heterocycles. The number of carbonyl (C=O) groups is 1. The highest BCUT2D eigenvalue weighted by molar-refractivity contribution is 8.78. The minimum absolute atomic E-state index is 0.177. The van der Waals surface area contributed by atoms with Gasteiger partial charge in [0.2, 0.25) is 0 Å². The zero-order chi connectivity index (χ0) is 18.2. The van der Waals surface area contributed by atoms with E-state index in [9.17, 15) is 4.79 Å². The second-order valence-corrected chi connectivity index (χ2v) is 7.57. The van der Waals surface area contributed by atoms with E-state index < -0.39 is 0 Å². The highest BCUT2D eigenvalue weighted by atomic mass is 33.1. The number of rotatable bonds is 11. The summed E-state index contributed by atoms with van der Waals surface area (Å²) in [6.45, 7) is 7.76. The fourth-order valence-corrected chi connectivity index (χ4v) is 3.33. The Bertz CT molecular complexity index is 549. The predicted molar refractivity (Wildman–Crippen MR) is 113 cm³/mol. The average molecular weight is 383 g/mol. The van der Waals surface area contributed by atoms with Crippen molar-refractivity contribution < 1.29 is 9.53 Å². The zero-order valence-corrected chi connectivity index (χ0v) is 17.2. The van der Waals surface area contributed by atoms with Crippen molar-refractivity contribution in [1.29, 1.82) is 0 Å². The van der Waals surface area contributed by atoms with Crippen LogP contribution in [-0.2, 0) is 9.53 Å². The van der Waals surface area contributed by atoms with E-state index in [0.29, 0.717) is 12.2 Å². The third-order valence-corrected chi connectivity index (χ3v) is 4.82. The van der Waals surface area contributed by atoms with Crippen molar-refractivity contribution in [2.75, 3.05) is 6.26 Å². The number of hydrogen-bond donors (Lipinski definition) is 1. The molecule has 0 bridgehead atoms. The molecule has 0 aromatic carbocycles. The third-order valence-electron chi connectivity index (χ3n) is 2.95. The summed E-state index contributed by atoms with van der Waals surface area (Å²) < 4.78 is 5.32. The van der Waals surface area contributed by atoms with Gasteiger partial charge in [-0.25, -0.2) is 0 Å². The first-order valence-electron chi connectivity index (χ1n) is 7.86. The van der Waals surface area contributed by atoms with Crippen molar-refractivity contribution in [2.45, 2.75) is 46.0 Å². The third kappa shape index (κ3) is 11.6. The van der Waals surface area contributed by atoms with Crippen molar-refractivity contribution >= 4 is 40.2 Å². The van der Waals surface area contributed by atoms with Crippen molar-refractivity contribution in [3.8, 4) is 11.2 Å². The van der Waals surface area contributed by atoms with E-state index in [1.54, 1.807) is 46.7 Å². The minimum atomic E-state index is -0.177. The molecule has 5 heteroatoms. The molecule has 0 aliphatic rings. The largest absolute Gasteiger partial charge is 0.431 e. The molecular formula is C19H26O2S3. The molecule has 24 heavy (non-hydrogen) atoms. The molecule has 0 aromatic heterocycles. The van der Waals surface area contributed by atoms with Crippen LogP contribution < -0.4 is 0 Å². The molecule has 0 atom stereocenters. The first kappa shape index (κ1) is 23.0. The van der Waals surface area contributed by atoms with Gasteiger partial charge < -0.3 is 4.74 Å². The molecule has 2 nitrogen and oxygen atoms in total. The molecule has 0 amide bonds. The number of allylic oxidation sites excluding steroid dienone is 6. The van der Waals surface area contributed by atoms with Gasteiger partial charge >= 0.3 is 5.97 Å². The number of ether oxygens (including phenoxy) is 1. The van der Waals surface area contributed by atoms with Crippen LogP contribution in [0.5, 0.6) is 0 Å². The van der Waals surface area contributed by atoms with Crippen molar-refractivity contribution in [1.82, 2.24) is 0 Å². The standard InChI is InChI=1S/C19H26O2S3/c1-5-7-8-9-12-19(20)21-16(3)13-14-17(6-2)18(24-23-4)11-10-15-22/h6,11,13-14,22H,2,5,7-9,12H2,1,3-4H3/b16-13+,17-14+,18-11-. The maximum absolute atomic E-state index is 11.8. The smallest absolute Gasteiger partial charge is 0.310 e. The number of esters is 1. The summed E-state index contributed by atoms with van der Waals surface area (Å²) in [5.74, 6) is 3.22. The molecular weight excluding hydrogens is 356 g/mol. The quantitative estimate of drug-likeness (QED) is 0.0862. The van der Waals surface area contributed by atoms with Crippen LogP contribution in [0.25, 0.3) is 0 Å². The van der Waals surface area contributed by atoms with Gasteiger partial charge in [0.25, 0.3) is 0 Å². The molecule has 0 aliphatic carbocycles. The van der Waals surface area contributed by atoms with Gasteiger partial charge in [-0.1, -0.05) is 85.1 Å². The summed E-state index contributed by atoms with van der Waals surface area (Å²) in [6.07, 6.45) is 13.9. The summed E-state index contributed by atoms with van der Waals surface area (Å²) >= 11 is 3.89. The summed E-state index contributed by atoms with van der Waals surface area (Å²) in [5.41, 5.74) is 0.920. The van der Waals surface area contributed by atoms with Crippen LogP contribution in [0.2, 0.25) is 0 Å². The molecule has 0 saturated carbocycles. The fourth-order valence-electron chi connectivity index (χ4n) is 1.76. The highest BCUT2D eigenvalue weighted by Crippen LogP contribution is 2.33. The minimum Gasteiger partial charge on any atom is -0.431 e. The fraction of sp³-hybridized carbons (Fsp3) is 0.421. The van der Waals surface area contributed by atoms with E-state index in [1.807, 2.05) is 12.3 Å². The Morgan fingerprint density at radius 1 is 1.29 bits per heavy atom. The maximum atomic E-state index is 11.8. The van der Waals surface area contributed by atoms with Crippen molar-refractivity contribution in [3.05, 3.63) is 47.1 Å². The lowest BCUT2D eigenvalue weighted by Crippen LogP contribution is -2.02. The Balaban J connectivity index is 4.80. The van der Waals surface area contributed by atoms with Crippen LogP contribution in [0.3, 0.4) is 0 Å². The zero-order valence-electron chi connectivity index (χ0n) is 14.6. The lowest BCUT2D eigenvalue weighted by Gasteiger charge is -2.06. The number of hydrogen-bond acceptors (Lipinski definition) is 5. The molecule has 0 saturated heterocycles. The SMILES string of the molecule is C=CC(=C\C=C(/C)OC(=O)CCCCCC)/C(=C/C#CS)SSC. The van der Waals surface area contributed by atoms with Crippen molar-refractivity contribution in [2.24, 2.45) is 0 Å². The van der Waals surface area contributed by atoms with Crippen LogP contribution in [0, 0.1) is 11.2 Å². The number of carbonyl (C=O) groups excluding carboxylic acids is 1. The Labute approximate surface area is 160 Å². The molecule has 0 unspecified atom stereocenters.